The Kier molecular flexibility index (Phi) is 6.06. The van der Waals surface area contributed by atoms with Crippen LogP contribution in [0.2, 0.25) is 0 Å². The summed E-state index contributed by atoms with van der Waals surface area (Å²) in [7, 11) is 0. The van der Waals surface area contributed by atoms with Gasteiger partial charge in [-0.15, -0.1) is 0 Å². The lowest BCUT2D eigenvalue weighted by atomic mass is 9.70. The molecule has 0 radical (unpaired) electrons. The summed E-state index contributed by atoms with van der Waals surface area (Å²) in [6.07, 6.45) is 3.24. The van der Waals surface area contributed by atoms with Gasteiger partial charge in [0.2, 0.25) is 11.8 Å². The van der Waals surface area contributed by atoms with Crippen LogP contribution in [0.3, 0.4) is 0 Å². The number of fused-ring (bicyclic) bond motifs is 1. The fraction of sp³-hybridized carbons (Fsp3) is 0.385. The van der Waals surface area contributed by atoms with E-state index < -0.39 is 11.6 Å². The Morgan fingerprint density at radius 1 is 1.09 bits per heavy atom. The van der Waals surface area contributed by atoms with Crippen LogP contribution in [0.4, 0.5) is 13.2 Å². The molecule has 2 aliphatic rings. The van der Waals surface area contributed by atoms with E-state index in [4.69, 9.17) is 0 Å². The van der Waals surface area contributed by atoms with Crippen LogP contribution in [0.15, 0.2) is 36.4 Å². The van der Waals surface area contributed by atoms with Gasteiger partial charge < -0.3 is 15.2 Å². The Morgan fingerprint density at radius 3 is 2.56 bits per heavy atom. The van der Waals surface area contributed by atoms with Gasteiger partial charge in [0, 0.05) is 43.9 Å². The van der Waals surface area contributed by atoms with Gasteiger partial charge in [-0.3, -0.25) is 9.59 Å². The maximum absolute atomic E-state index is 14.5. The van der Waals surface area contributed by atoms with Gasteiger partial charge in [0.25, 0.3) is 0 Å². The molecule has 2 N–H and O–H groups in total. The first-order valence-corrected chi connectivity index (χ1v) is 11.7. The quantitative estimate of drug-likeness (QED) is 0.518. The minimum Gasteiger partial charge on any atom is -0.356 e. The van der Waals surface area contributed by atoms with Crippen molar-refractivity contribution in [1.29, 1.82) is 0 Å². The van der Waals surface area contributed by atoms with Crippen molar-refractivity contribution in [3.05, 3.63) is 59.4 Å². The number of aromatic amines is 1. The van der Waals surface area contributed by atoms with Crippen molar-refractivity contribution in [3.8, 4) is 11.3 Å². The molecular formula is C26H26F3N3O2. The van der Waals surface area contributed by atoms with Crippen molar-refractivity contribution in [2.45, 2.75) is 38.0 Å². The summed E-state index contributed by atoms with van der Waals surface area (Å²) in [4.78, 5) is 28.7. The molecular weight excluding hydrogens is 443 g/mol. The number of likely N-dealkylation sites (tertiary alicyclic amines) is 1. The van der Waals surface area contributed by atoms with Crippen LogP contribution in [0.25, 0.3) is 22.2 Å². The fourth-order valence-corrected chi connectivity index (χ4v) is 5.17. The molecule has 1 aliphatic heterocycles. The first kappa shape index (κ1) is 22.5. The predicted octanol–water partition coefficient (Wildman–Crippen LogP) is 4.87. The molecule has 0 unspecified atom stereocenters. The van der Waals surface area contributed by atoms with Crippen LogP contribution in [-0.2, 0) is 9.59 Å². The van der Waals surface area contributed by atoms with E-state index in [1.165, 1.54) is 18.2 Å². The maximum Gasteiger partial charge on any atom is 0.222 e. The summed E-state index contributed by atoms with van der Waals surface area (Å²) in [6.45, 7) is 1.70. The Bertz CT molecular complexity index is 1230. The lowest BCUT2D eigenvalue weighted by molar-refractivity contribution is -0.128. The molecule has 2 aromatic carbocycles. The molecule has 1 saturated heterocycles. The zero-order chi connectivity index (χ0) is 23.8. The summed E-state index contributed by atoms with van der Waals surface area (Å²) in [5.41, 5.74) is 2.45. The largest absolute Gasteiger partial charge is 0.356 e. The minimum absolute atomic E-state index is 0.0686. The molecule has 0 spiro atoms. The second kappa shape index (κ2) is 9.16. The first-order valence-electron chi connectivity index (χ1n) is 11.7. The monoisotopic (exact) mass is 469 g/mol. The van der Waals surface area contributed by atoms with Gasteiger partial charge >= 0.3 is 0 Å². The number of hydrogen-bond acceptors (Lipinski definition) is 2. The number of hydrogen-bond donors (Lipinski definition) is 2. The number of halogens is 3. The van der Waals surface area contributed by atoms with E-state index in [2.05, 4.69) is 10.3 Å². The third-order valence-electron chi connectivity index (χ3n) is 7.01. The summed E-state index contributed by atoms with van der Waals surface area (Å²) >= 11 is 0. The van der Waals surface area contributed by atoms with Crippen molar-refractivity contribution in [2.75, 3.05) is 19.6 Å². The molecule has 2 heterocycles. The number of H-pyrrole nitrogens is 1. The van der Waals surface area contributed by atoms with Crippen LogP contribution >= 0.6 is 0 Å². The van der Waals surface area contributed by atoms with Gasteiger partial charge in [-0.1, -0.05) is 0 Å². The lowest BCUT2D eigenvalue weighted by Crippen LogP contribution is -2.37. The Labute approximate surface area is 195 Å². The van der Waals surface area contributed by atoms with E-state index in [0.29, 0.717) is 36.2 Å². The zero-order valence-corrected chi connectivity index (χ0v) is 18.7. The molecule has 1 saturated carbocycles. The van der Waals surface area contributed by atoms with Crippen molar-refractivity contribution in [3.63, 3.8) is 0 Å². The standard InChI is InChI=1S/C26H26F3N3O2/c27-18-5-3-16(4-6-18)25-24(20-12-19(28)13-21(29)26(20)31-25)17-10-15(11-17)14-30-22(33)7-9-32-8-1-2-23(32)34/h3-6,12-13,15,17,31H,1-2,7-11,14H2,(H,30,33). The first-order chi connectivity index (χ1) is 16.4. The third-order valence-corrected chi connectivity index (χ3v) is 7.01. The summed E-state index contributed by atoms with van der Waals surface area (Å²) in [5.74, 6) is -1.32. The van der Waals surface area contributed by atoms with E-state index >= 15 is 0 Å². The number of rotatable bonds is 7. The van der Waals surface area contributed by atoms with Gasteiger partial charge in [0.05, 0.1) is 11.2 Å². The Hall–Kier alpha value is -3.29. The number of carbonyl (C=O) groups excluding carboxylic acids is 2. The second-order valence-corrected chi connectivity index (χ2v) is 9.30. The van der Waals surface area contributed by atoms with Crippen LogP contribution < -0.4 is 5.32 Å². The molecule has 178 valence electrons. The van der Waals surface area contributed by atoms with Crippen molar-refractivity contribution >= 4 is 22.7 Å². The molecule has 1 aliphatic carbocycles. The molecule has 5 rings (SSSR count). The van der Waals surface area contributed by atoms with E-state index in [1.807, 2.05) is 0 Å². The van der Waals surface area contributed by atoms with Crippen LogP contribution in [0, 0.1) is 23.4 Å². The topological polar surface area (TPSA) is 65.2 Å². The van der Waals surface area contributed by atoms with E-state index in [0.717, 1.165) is 37.4 Å². The smallest absolute Gasteiger partial charge is 0.222 e. The molecule has 3 aromatic rings. The molecule has 0 atom stereocenters. The van der Waals surface area contributed by atoms with E-state index in [1.54, 1.807) is 17.0 Å². The number of nitrogens with one attached hydrogen (secondary N) is 2. The van der Waals surface area contributed by atoms with Crippen molar-refractivity contribution < 1.29 is 22.8 Å². The highest BCUT2D eigenvalue weighted by atomic mass is 19.1. The predicted molar refractivity (Wildman–Crippen MR) is 123 cm³/mol. The lowest BCUT2D eigenvalue weighted by Gasteiger charge is -2.36. The normalized spacial score (nSPS) is 20.1. The average Bonchev–Trinajstić information content (AvgIpc) is 3.35. The van der Waals surface area contributed by atoms with E-state index in [9.17, 15) is 22.8 Å². The molecule has 5 nitrogen and oxygen atoms in total. The van der Waals surface area contributed by atoms with Crippen molar-refractivity contribution in [1.82, 2.24) is 15.2 Å². The highest BCUT2D eigenvalue weighted by Crippen LogP contribution is 2.48. The van der Waals surface area contributed by atoms with Gasteiger partial charge in [-0.2, -0.15) is 0 Å². The average molecular weight is 470 g/mol. The molecule has 2 fully saturated rings. The molecule has 8 heteroatoms. The Morgan fingerprint density at radius 2 is 1.85 bits per heavy atom. The molecule has 34 heavy (non-hydrogen) atoms. The molecule has 2 amide bonds. The highest BCUT2D eigenvalue weighted by Gasteiger charge is 2.35. The highest BCUT2D eigenvalue weighted by molar-refractivity contribution is 5.92. The molecule has 0 bridgehead atoms. The zero-order valence-electron chi connectivity index (χ0n) is 18.7. The van der Waals surface area contributed by atoms with Gasteiger partial charge in [-0.25, -0.2) is 13.2 Å². The number of carbonyl (C=O) groups is 2. The summed E-state index contributed by atoms with van der Waals surface area (Å²) < 4.78 is 42.0. The van der Waals surface area contributed by atoms with E-state index in [-0.39, 0.29) is 41.4 Å². The minimum atomic E-state index is -0.663. The number of benzene rings is 2. The fourth-order valence-electron chi connectivity index (χ4n) is 5.17. The third kappa shape index (κ3) is 4.41. The summed E-state index contributed by atoms with van der Waals surface area (Å²) in [5, 5.41) is 3.45. The van der Waals surface area contributed by atoms with Gasteiger partial charge in [0.1, 0.15) is 17.5 Å². The second-order valence-electron chi connectivity index (χ2n) is 9.30. The van der Waals surface area contributed by atoms with Crippen LogP contribution in [0.1, 0.15) is 43.6 Å². The van der Waals surface area contributed by atoms with Gasteiger partial charge in [-0.05, 0) is 72.6 Å². The van der Waals surface area contributed by atoms with Gasteiger partial charge in [0.15, 0.2) is 0 Å². The van der Waals surface area contributed by atoms with Crippen LogP contribution in [0.5, 0.6) is 0 Å². The van der Waals surface area contributed by atoms with Crippen molar-refractivity contribution in [2.24, 2.45) is 5.92 Å². The summed E-state index contributed by atoms with van der Waals surface area (Å²) in [6, 6.07) is 8.13. The number of amides is 2. The van der Waals surface area contributed by atoms with Crippen LogP contribution in [-0.4, -0.2) is 41.3 Å². The Balaban J connectivity index is 1.27. The number of aromatic nitrogens is 1. The number of nitrogens with zero attached hydrogens (tertiary/aromatic N) is 1. The molecule has 1 aromatic heterocycles. The maximum atomic E-state index is 14.5. The SMILES string of the molecule is O=C(CCN1CCCC1=O)NCC1CC(c2c(-c3ccc(F)cc3)[nH]c3c(F)cc(F)cc23)C1.